The van der Waals surface area contributed by atoms with Crippen molar-refractivity contribution in [3.05, 3.63) is 54.5 Å². The van der Waals surface area contributed by atoms with E-state index in [0.29, 0.717) is 11.3 Å². The van der Waals surface area contributed by atoms with Gasteiger partial charge in [-0.1, -0.05) is 6.07 Å². The lowest BCUT2D eigenvalue weighted by Gasteiger charge is -2.04. The summed E-state index contributed by atoms with van der Waals surface area (Å²) in [5.74, 6) is 0.628. The Morgan fingerprint density at radius 2 is 1.89 bits per heavy atom. The van der Waals surface area contributed by atoms with E-state index in [-0.39, 0.29) is 12.6 Å². The SMILES string of the molecule is OCc1cnc(Oc2ccc3cccnc3c2)nc1. The van der Waals surface area contributed by atoms with Crippen molar-refractivity contribution in [2.75, 3.05) is 0 Å². The Labute approximate surface area is 109 Å². The quantitative estimate of drug-likeness (QED) is 0.775. The fourth-order valence-electron chi connectivity index (χ4n) is 1.69. The largest absolute Gasteiger partial charge is 0.424 e. The molecule has 0 fully saturated rings. The highest BCUT2D eigenvalue weighted by atomic mass is 16.5. The smallest absolute Gasteiger partial charge is 0.321 e. The minimum absolute atomic E-state index is 0.0832. The topological polar surface area (TPSA) is 68.1 Å². The van der Waals surface area contributed by atoms with E-state index in [1.807, 2.05) is 30.3 Å². The number of pyridine rings is 1. The zero-order valence-corrected chi connectivity index (χ0v) is 10.0. The van der Waals surface area contributed by atoms with E-state index in [0.717, 1.165) is 10.9 Å². The van der Waals surface area contributed by atoms with Gasteiger partial charge in [-0.25, -0.2) is 9.97 Å². The second-order valence-electron chi connectivity index (χ2n) is 3.99. The lowest BCUT2D eigenvalue weighted by molar-refractivity contribution is 0.280. The van der Waals surface area contributed by atoms with Crippen LogP contribution in [0.2, 0.25) is 0 Å². The van der Waals surface area contributed by atoms with Gasteiger partial charge in [0.25, 0.3) is 0 Å². The summed E-state index contributed by atoms with van der Waals surface area (Å²) in [6.45, 7) is -0.0832. The first-order chi connectivity index (χ1) is 9.35. The Kier molecular flexibility index (Phi) is 3.04. The van der Waals surface area contributed by atoms with Crippen molar-refractivity contribution in [1.29, 1.82) is 0 Å². The number of aliphatic hydroxyl groups excluding tert-OH is 1. The monoisotopic (exact) mass is 253 g/mol. The summed E-state index contributed by atoms with van der Waals surface area (Å²) in [6.07, 6.45) is 4.79. The first kappa shape index (κ1) is 11.6. The molecule has 1 aromatic carbocycles. The second kappa shape index (κ2) is 4.99. The molecule has 0 spiro atoms. The van der Waals surface area contributed by atoms with E-state index >= 15 is 0 Å². The van der Waals surface area contributed by atoms with Crippen LogP contribution in [0.5, 0.6) is 11.8 Å². The summed E-state index contributed by atoms with van der Waals surface area (Å²) in [6, 6.07) is 9.72. The number of aromatic nitrogens is 3. The fourth-order valence-corrected chi connectivity index (χ4v) is 1.69. The molecule has 0 saturated carbocycles. The molecule has 5 heteroatoms. The zero-order chi connectivity index (χ0) is 13.1. The molecule has 2 heterocycles. The van der Waals surface area contributed by atoms with E-state index in [4.69, 9.17) is 9.84 Å². The summed E-state index contributed by atoms with van der Waals surface area (Å²) in [5, 5.41) is 9.96. The van der Waals surface area contributed by atoms with Crippen molar-refractivity contribution in [2.45, 2.75) is 6.61 Å². The van der Waals surface area contributed by atoms with Gasteiger partial charge in [-0.2, -0.15) is 0 Å². The van der Waals surface area contributed by atoms with Gasteiger partial charge in [-0.15, -0.1) is 0 Å². The van der Waals surface area contributed by atoms with Crippen molar-refractivity contribution in [2.24, 2.45) is 0 Å². The summed E-state index contributed by atoms with van der Waals surface area (Å²) < 4.78 is 5.54. The van der Waals surface area contributed by atoms with Crippen molar-refractivity contribution >= 4 is 10.9 Å². The molecule has 0 radical (unpaired) electrons. The van der Waals surface area contributed by atoms with Crippen LogP contribution in [0.3, 0.4) is 0 Å². The molecule has 19 heavy (non-hydrogen) atoms. The number of rotatable bonds is 3. The van der Waals surface area contributed by atoms with Crippen LogP contribution in [0.4, 0.5) is 0 Å². The molecule has 0 amide bonds. The van der Waals surface area contributed by atoms with Crippen molar-refractivity contribution in [3.63, 3.8) is 0 Å². The molecule has 3 aromatic rings. The molecule has 1 N–H and O–H groups in total. The van der Waals surface area contributed by atoms with Crippen LogP contribution >= 0.6 is 0 Å². The van der Waals surface area contributed by atoms with Gasteiger partial charge >= 0.3 is 6.01 Å². The van der Waals surface area contributed by atoms with Crippen LogP contribution in [0.25, 0.3) is 10.9 Å². The minimum Gasteiger partial charge on any atom is -0.424 e. The summed E-state index contributed by atoms with van der Waals surface area (Å²) >= 11 is 0. The molecule has 0 aliphatic rings. The fraction of sp³-hybridized carbons (Fsp3) is 0.0714. The number of fused-ring (bicyclic) bond motifs is 1. The molecule has 0 aliphatic heterocycles. The van der Waals surface area contributed by atoms with Crippen LogP contribution < -0.4 is 4.74 Å². The van der Waals surface area contributed by atoms with Crippen LogP contribution in [0.1, 0.15) is 5.56 Å². The molecule has 2 aromatic heterocycles. The average Bonchev–Trinajstić information content (AvgIpc) is 2.48. The number of hydrogen-bond acceptors (Lipinski definition) is 5. The van der Waals surface area contributed by atoms with Crippen LogP contribution in [0, 0.1) is 0 Å². The normalized spacial score (nSPS) is 10.6. The minimum atomic E-state index is -0.0832. The number of nitrogens with zero attached hydrogens (tertiary/aromatic N) is 3. The molecule has 0 unspecified atom stereocenters. The van der Waals surface area contributed by atoms with Gasteiger partial charge in [0.15, 0.2) is 0 Å². The Balaban J connectivity index is 1.87. The molecule has 0 bridgehead atoms. The standard InChI is InChI=1S/C14H11N3O2/c18-9-10-7-16-14(17-8-10)19-12-4-3-11-2-1-5-15-13(11)6-12/h1-8,18H,9H2. The first-order valence-corrected chi connectivity index (χ1v) is 5.79. The maximum Gasteiger partial charge on any atom is 0.321 e. The van der Waals surface area contributed by atoms with E-state index in [1.54, 1.807) is 6.20 Å². The maximum absolute atomic E-state index is 8.91. The van der Waals surface area contributed by atoms with E-state index in [2.05, 4.69) is 15.0 Å². The third-order valence-electron chi connectivity index (χ3n) is 2.65. The van der Waals surface area contributed by atoms with Gasteiger partial charge in [0, 0.05) is 35.6 Å². The number of hydrogen-bond donors (Lipinski definition) is 1. The Hall–Kier alpha value is -2.53. The summed E-state index contributed by atoms with van der Waals surface area (Å²) in [4.78, 5) is 12.3. The highest BCUT2D eigenvalue weighted by Crippen LogP contribution is 2.22. The molecule has 3 rings (SSSR count). The van der Waals surface area contributed by atoms with Crippen LogP contribution in [-0.2, 0) is 6.61 Å². The van der Waals surface area contributed by atoms with Gasteiger partial charge < -0.3 is 9.84 Å². The molecular weight excluding hydrogens is 242 g/mol. The molecule has 0 saturated heterocycles. The molecule has 5 nitrogen and oxygen atoms in total. The third kappa shape index (κ3) is 2.51. The number of aliphatic hydroxyl groups is 1. The molecular formula is C14H11N3O2. The highest BCUT2D eigenvalue weighted by Gasteiger charge is 2.02. The van der Waals surface area contributed by atoms with E-state index in [9.17, 15) is 0 Å². The van der Waals surface area contributed by atoms with Gasteiger partial charge in [0.2, 0.25) is 0 Å². The number of benzene rings is 1. The maximum atomic E-state index is 8.91. The molecule has 0 aliphatic carbocycles. The van der Waals surface area contributed by atoms with Crippen molar-refractivity contribution in [3.8, 4) is 11.8 Å². The summed E-state index contributed by atoms with van der Waals surface area (Å²) in [7, 11) is 0. The number of ether oxygens (including phenoxy) is 1. The van der Waals surface area contributed by atoms with Gasteiger partial charge in [0.1, 0.15) is 5.75 Å². The zero-order valence-electron chi connectivity index (χ0n) is 10.0. The van der Waals surface area contributed by atoms with Gasteiger partial charge in [-0.3, -0.25) is 4.98 Å². The summed E-state index contributed by atoms with van der Waals surface area (Å²) in [5.41, 5.74) is 1.50. The highest BCUT2D eigenvalue weighted by molar-refractivity contribution is 5.79. The Morgan fingerprint density at radius 1 is 1.05 bits per heavy atom. The Bertz CT molecular complexity index is 698. The lowest BCUT2D eigenvalue weighted by atomic mass is 10.2. The predicted molar refractivity (Wildman–Crippen MR) is 69.8 cm³/mol. The van der Waals surface area contributed by atoms with E-state index < -0.39 is 0 Å². The van der Waals surface area contributed by atoms with Crippen LogP contribution in [-0.4, -0.2) is 20.1 Å². The average molecular weight is 253 g/mol. The molecule has 94 valence electrons. The lowest BCUT2D eigenvalue weighted by Crippen LogP contribution is -1.94. The third-order valence-corrected chi connectivity index (χ3v) is 2.65. The Morgan fingerprint density at radius 3 is 2.68 bits per heavy atom. The van der Waals surface area contributed by atoms with Crippen molar-refractivity contribution in [1.82, 2.24) is 15.0 Å². The molecule has 0 atom stereocenters. The van der Waals surface area contributed by atoms with Gasteiger partial charge in [-0.05, 0) is 18.2 Å². The van der Waals surface area contributed by atoms with Crippen molar-refractivity contribution < 1.29 is 9.84 Å². The predicted octanol–water partition coefficient (Wildman–Crippen LogP) is 2.31. The first-order valence-electron chi connectivity index (χ1n) is 5.79. The van der Waals surface area contributed by atoms with Crippen LogP contribution in [0.15, 0.2) is 48.9 Å². The second-order valence-corrected chi connectivity index (χ2v) is 3.99. The van der Waals surface area contributed by atoms with Gasteiger partial charge in [0.05, 0.1) is 12.1 Å². The van der Waals surface area contributed by atoms with E-state index in [1.165, 1.54) is 12.4 Å².